The number of benzene rings is 1. The zero-order valence-electron chi connectivity index (χ0n) is 15.8. The van der Waals surface area contributed by atoms with Crippen LogP contribution in [0.4, 0.5) is 0 Å². The molecule has 4 nitrogen and oxygen atoms in total. The van der Waals surface area contributed by atoms with Crippen molar-refractivity contribution in [1.82, 2.24) is 0 Å². The molecule has 25 heavy (non-hydrogen) atoms. The molecular weight excluding hydrogens is 363 g/mol. The van der Waals surface area contributed by atoms with Gasteiger partial charge in [-0.05, 0) is 18.4 Å². The van der Waals surface area contributed by atoms with E-state index in [-0.39, 0.29) is 51.4 Å². The Morgan fingerprint density at radius 1 is 0.880 bits per heavy atom. The fraction of sp³-hybridized carbons (Fsp3) is 0.684. The Balaban J connectivity index is 0.00000576. The minimum atomic E-state index is -4.44. The molecule has 1 rings (SSSR count). The van der Waals surface area contributed by atoms with Crippen LogP contribution >= 0.6 is 0 Å². The zero-order valence-corrected chi connectivity index (χ0v) is 19.7. The van der Waals surface area contributed by atoms with Crippen LogP contribution < -0.4 is 56.5 Å². The van der Waals surface area contributed by atoms with Crippen molar-refractivity contribution in [3.05, 3.63) is 23.8 Å². The van der Waals surface area contributed by atoms with Gasteiger partial charge in [-0.2, -0.15) is 8.42 Å². The molecule has 1 aromatic rings. The molecule has 0 saturated heterocycles. The van der Waals surface area contributed by atoms with E-state index >= 15 is 0 Å². The Labute approximate surface area is 196 Å². The quantitative estimate of drug-likeness (QED) is 0.315. The molecule has 0 amide bonds. The van der Waals surface area contributed by atoms with Gasteiger partial charge in [0.05, 0.1) is 4.90 Å². The van der Waals surface area contributed by atoms with E-state index in [0.717, 1.165) is 19.3 Å². The Kier molecular flexibility index (Phi) is 14.9. The summed E-state index contributed by atoms with van der Waals surface area (Å²) in [6, 6.07) is 4.33. The molecule has 0 heterocycles. The Hall–Kier alpha value is 0.566. The van der Waals surface area contributed by atoms with Crippen molar-refractivity contribution in [2.45, 2.75) is 88.9 Å². The van der Waals surface area contributed by atoms with Gasteiger partial charge in [-0.1, -0.05) is 95.1 Å². The van der Waals surface area contributed by atoms with Crippen molar-refractivity contribution in [2.75, 3.05) is 0 Å². The van der Waals surface area contributed by atoms with Gasteiger partial charge in [0.15, 0.2) is 0 Å². The van der Waals surface area contributed by atoms with Gasteiger partial charge >= 0.3 is 51.4 Å². The summed E-state index contributed by atoms with van der Waals surface area (Å²) in [7, 11) is -4.44. The first-order valence-corrected chi connectivity index (χ1v) is 10.7. The normalized spacial score (nSPS) is 11.3. The maximum absolute atomic E-state index is 11.6. The number of rotatable bonds is 13. The number of aryl methyl sites for hydroxylation is 1. The summed E-state index contributed by atoms with van der Waals surface area (Å²) in [4.78, 5) is -0.447. The summed E-state index contributed by atoms with van der Waals surface area (Å²) in [5.74, 6) is -0.627. The molecule has 0 fully saturated rings. The van der Waals surface area contributed by atoms with Gasteiger partial charge in [-0.25, -0.2) is 0 Å². The van der Waals surface area contributed by atoms with Crippen LogP contribution in [0.25, 0.3) is 0 Å². The summed E-state index contributed by atoms with van der Waals surface area (Å²) in [6.45, 7) is 2.23. The van der Waals surface area contributed by atoms with Gasteiger partial charge in [-0.15, -0.1) is 0 Å². The SMILES string of the molecule is CCCCCCCCCCCCCc1cccc([O-])c1S(=O)(=O)O.[K+]. The first kappa shape index (κ1) is 25.6. The van der Waals surface area contributed by atoms with Crippen molar-refractivity contribution < 1.29 is 69.5 Å². The molecule has 0 bridgehead atoms. The van der Waals surface area contributed by atoms with E-state index in [0.29, 0.717) is 12.0 Å². The molecule has 138 valence electrons. The molecule has 0 spiro atoms. The Bertz CT molecular complexity index is 573. The second kappa shape index (κ2) is 14.6. The summed E-state index contributed by atoms with van der Waals surface area (Å²) in [5.41, 5.74) is 0.431. The summed E-state index contributed by atoms with van der Waals surface area (Å²) >= 11 is 0. The molecule has 0 saturated carbocycles. The molecule has 0 unspecified atom stereocenters. The summed E-state index contributed by atoms with van der Waals surface area (Å²) in [6.07, 6.45) is 13.9. The third-order valence-corrected chi connectivity index (χ3v) is 5.35. The van der Waals surface area contributed by atoms with Crippen molar-refractivity contribution in [2.24, 2.45) is 0 Å². The molecule has 0 aliphatic rings. The minimum Gasteiger partial charge on any atom is -0.872 e. The van der Waals surface area contributed by atoms with E-state index in [1.165, 1.54) is 57.4 Å². The molecule has 6 heteroatoms. The van der Waals surface area contributed by atoms with Gasteiger partial charge < -0.3 is 5.11 Å². The average molecular weight is 395 g/mol. The van der Waals surface area contributed by atoms with Gasteiger partial charge in [0.25, 0.3) is 10.1 Å². The number of hydrogen-bond donors (Lipinski definition) is 1. The van der Waals surface area contributed by atoms with Crippen LogP contribution in [0, 0.1) is 0 Å². The monoisotopic (exact) mass is 394 g/mol. The second-order valence-electron chi connectivity index (χ2n) is 6.50. The van der Waals surface area contributed by atoms with Gasteiger partial charge in [-0.3, -0.25) is 4.55 Å². The fourth-order valence-electron chi connectivity index (χ4n) is 3.03. The topological polar surface area (TPSA) is 77.4 Å². The van der Waals surface area contributed by atoms with Gasteiger partial charge in [0.1, 0.15) is 0 Å². The maximum atomic E-state index is 11.6. The molecule has 0 aliphatic carbocycles. The van der Waals surface area contributed by atoms with Crippen LogP contribution in [0.5, 0.6) is 5.75 Å². The third-order valence-electron chi connectivity index (χ3n) is 4.37. The first-order chi connectivity index (χ1) is 11.5. The van der Waals surface area contributed by atoms with Gasteiger partial charge in [0, 0.05) is 0 Å². The van der Waals surface area contributed by atoms with E-state index in [1.54, 1.807) is 12.1 Å². The molecule has 0 aromatic heterocycles. The van der Waals surface area contributed by atoms with Crippen molar-refractivity contribution >= 4 is 10.1 Å². The van der Waals surface area contributed by atoms with Crippen LogP contribution in [0.1, 0.15) is 83.1 Å². The predicted octanol–water partition coefficient (Wildman–Crippen LogP) is 1.86. The third kappa shape index (κ3) is 11.1. The fourth-order valence-corrected chi connectivity index (χ4v) is 3.85. The van der Waals surface area contributed by atoms with Crippen molar-refractivity contribution in [1.29, 1.82) is 0 Å². The van der Waals surface area contributed by atoms with Gasteiger partial charge in [0.2, 0.25) is 0 Å². The minimum absolute atomic E-state index is 0. The maximum Gasteiger partial charge on any atom is 1.00 e. The van der Waals surface area contributed by atoms with E-state index in [1.807, 2.05) is 0 Å². The number of unbranched alkanes of at least 4 members (excludes halogenated alkanes) is 10. The molecule has 0 radical (unpaired) electrons. The summed E-state index contributed by atoms with van der Waals surface area (Å²) < 4.78 is 31.9. The molecule has 1 N–H and O–H groups in total. The standard InChI is InChI=1S/C19H32O4S.K/c1-2-3-4-5-6-7-8-9-10-11-12-14-17-15-13-16-18(20)19(17)24(21,22)23;/h13,15-16,20H,2-12,14H2,1H3,(H,21,22,23);/q;+1/p-1. The van der Waals surface area contributed by atoms with Crippen LogP contribution in [-0.4, -0.2) is 13.0 Å². The van der Waals surface area contributed by atoms with Crippen LogP contribution in [0.2, 0.25) is 0 Å². The summed E-state index contributed by atoms with van der Waals surface area (Å²) in [5, 5.41) is 11.6. The van der Waals surface area contributed by atoms with Crippen LogP contribution in [-0.2, 0) is 16.5 Å². The zero-order chi connectivity index (χ0) is 17.8. The molecule has 1 aromatic carbocycles. The first-order valence-electron chi connectivity index (χ1n) is 9.23. The van der Waals surface area contributed by atoms with Crippen molar-refractivity contribution in [3.8, 4) is 5.75 Å². The second-order valence-corrected chi connectivity index (χ2v) is 7.86. The van der Waals surface area contributed by atoms with E-state index in [4.69, 9.17) is 0 Å². The van der Waals surface area contributed by atoms with E-state index < -0.39 is 20.8 Å². The van der Waals surface area contributed by atoms with Crippen molar-refractivity contribution in [3.63, 3.8) is 0 Å². The molecule has 0 aliphatic heterocycles. The average Bonchev–Trinajstić information content (AvgIpc) is 2.51. The van der Waals surface area contributed by atoms with Crippen LogP contribution in [0.15, 0.2) is 23.1 Å². The Morgan fingerprint density at radius 2 is 1.36 bits per heavy atom. The number of hydrogen-bond acceptors (Lipinski definition) is 3. The van der Waals surface area contributed by atoms with E-state index in [2.05, 4.69) is 6.92 Å². The smallest absolute Gasteiger partial charge is 0.872 e. The molecule has 0 atom stereocenters. The Morgan fingerprint density at radius 3 is 1.84 bits per heavy atom. The van der Waals surface area contributed by atoms with Crippen LogP contribution in [0.3, 0.4) is 0 Å². The van der Waals surface area contributed by atoms with E-state index in [9.17, 15) is 18.1 Å². The predicted molar refractivity (Wildman–Crippen MR) is 95.9 cm³/mol. The molecular formula is C19H31KO4S. The largest absolute Gasteiger partial charge is 1.00 e.